The van der Waals surface area contributed by atoms with Crippen LogP contribution < -0.4 is 5.32 Å². The molecular formula is C37H31F9N2O3. The maximum absolute atomic E-state index is 14.3. The lowest BCUT2D eigenvalue weighted by molar-refractivity contribution is -0.140. The fraction of sp³-hybridized carbons (Fsp3) is 0.297. The van der Waals surface area contributed by atoms with Crippen LogP contribution in [-0.4, -0.2) is 29.5 Å². The van der Waals surface area contributed by atoms with Crippen LogP contribution in [0.1, 0.15) is 54.0 Å². The Morgan fingerprint density at radius 2 is 1.41 bits per heavy atom. The van der Waals surface area contributed by atoms with Crippen molar-refractivity contribution in [3.63, 3.8) is 0 Å². The molecule has 51 heavy (non-hydrogen) atoms. The van der Waals surface area contributed by atoms with Crippen LogP contribution >= 0.6 is 0 Å². The van der Waals surface area contributed by atoms with Gasteiger partial charge in [0.2, 0.25) is 5.91 Å². The molecule has 2 atom stereocenters. The van der Waals surface area contributed by atoms with Crippen LogP contribution in [0, 0.1) is 5.92 Å². The molecule has 1 fully saturated rings. The van der Waals surface area contributed by atoms with Crippen LogP contribution in [-0.2, 0) is 34.5 Å². The molecule has 0 spiro atoms. The van der Waals surface area contributed by atoms with Gasteiger partial charge in [-0.15, -0.1) is 0 Å². The zero-order chi connectivity index (χ0) is 37.3. The molecule has 5 rings (SSSR count). The maximum atomic E-state index is 14.3. The third-order valence-corrected chi connectivity index (χ3v) is 8.35. The van der Waals surface area contributed by atoms with Crippen molar-refractivity contribution in [2.75, 3.05) is 11.9 Å². The Balaban J connectivity index is 1.64. The van der Waals surface area contributed by atoms with Gasteiger partial charge in [0.05, 0.1) is 34.3 Å². The van der Waals surface area contributed by atoms with Crippen LogP contribution in [0.2, 0.25) is 0 Å². The minimum absolute atomic E-state index is 0.0952. The molecule has 1 N–H and O–H groups in total. The summed E-state index contributed by atoms with van der Waals surface area (Å²) in [5, 5.41) is 2.43. The SMILES string of the molecule is CC(C)C[C@@H](C(=O)N1C(=O)OC[C@H]1Cc1ccccc1)c1cc(Nc2cc(C(F)(F)F)ccc2C(F)(F)F)cc(-c2ccc(C(F)(F)F)cc2)c1. The molecule has 0 radical (unpaired) electrons. The number of ether oxygens (including phenoxy) is 1. The number of amides is 2. The molecule has 0 saturated carbocycles. The first kappa shape index (κ1) is 37.3. The summed E-state index contributed by atoms with van der Waals surface area (Å²) >= 11 is 0. The minimum atomic E-state index is -5.07. The van der Waals surface area contributed by atoms with E-state index in [1.807, 2.05) is 12.1 Å². The smallest absolute Gasteiger partial charge is 0.418 e. The lowest BCUT2D eigenvalue weighted by Gasteiger charge is -2.27. The molecule has 4 aromatic rings. The molecule has 0 aliphatic carbocycles. The monoisotopic (exact) mass is 722 g/mol. The van der Waals surface area contributed by atoms with Gasteiger partial charge in [0.1, 0.15) is 6.61 Å². The number of benzene rings is 4. The van der Waals surface area contributed by atoms with Crippen LogP contribution in [0.3, 0.4) is 0 Å². The second kappa shape index (κ2) is 14.3. The van der Waals surface area contributed by atoms with Gasteiger partial charge in [-0.1, -0.05) is 62.4 Å². The largest absolute Gasteiger partial charge is 0.447 e. The van der Waals surface area contributed by atoms with Gasteiger partial charge in [0.15, 0.2) is 0 Å². The molecule has 1 aliphatic heterocycles. The van der Waals surface area contributed by atoms with Gasteiger partial charge in [0.25, 0.3) is 0 Å². The zero-order valence-electron chi connectivity index (χ0n) is 27.1. The van der Waals surface area contributed by atoms with E-state index in [2.05, 4.69) is 5.32 Å². The van der Waals surface area contributed by atoms with Gasteiger partial charge in [-0.05, 0) is 83.5 Å². The molecule has 4 aromatic carbocycles. The predicted octanol–water partition coefficient (Wildman–Crippen LogP) is 10.9. The normalized spacial score (nSPS) is 16.0. The third-order valence-electron chi connectivity index (χ3n) is 8.35. The number of hydrogen-bond donors (Lipinski definition) is 1. The Labute approximate surface area is 287 Å². The number of alkyl halides is 9. The summed E-state index contributed by atoms with van der Waals surface area (Å²) in [7, 11) is 0. The van der Waals surface area contributed by atoms with Crippen molar-refractivity contribution in [1.29, 1.82) is 0 Å². The van der Waals surface area contributed by atoms with Crippen molar-refractivity contribution in [1.82, 2.24) is 4.90 Å². The first-order chi connectivity index (χ1) is 23.8. The average Bonchev–Trinajstić information content (AvgIpc) is 3.41. The van der Waals surface area contributed by atoms with Gasteiger partial charge in [-0.25, -0.2) is 9.69 Å². The number of rotatable bonds is 9. The number of carbonyl (C=O) groups excluding carboxylic acids is 2. The summed E-state index contributed by atoms with van der Waals surface area (Å²) in [5.74, 6) is -1.98. The maximum Gasteiger partial charge on any atom is 0.418 e. The summed E-state index contributed by atoms with van der Waals surface area (Å²) in [6, 6.07) is 17.1. The van der Waals surface area contributed by atoms with E-state index in [4.69, 9.17) is 4.74 Å². The summed E-state index contributed by atoms with van der Waals surface area (Å²) in [6.45, 7) is 3.49. The van der Waals surface area contributed by atoms with Gasteiger partial charge in [-0.2, -0.15) is 39.5 Å². The van der Waals surface area contributed by atoms with Crippen molar-refractivity contribution in [2.45, 2.75) is 57.2 Å². The van der Waals surface area contributed by atoms with Crippen molar-refractivity contribution in [3.05, 3.63) is 119 Å². The van der Waals surface area contributed by atoms with Crippen molar-refractivity contribution >= 4 is 23.4 Å². The highest BCUT2D eigenvalue weighted by molar-refractivity contribution is 5.97. The van der Waals surface area contributed by atoms with Crippen LogP contribution in [0.5, 0.6) is 0 Å². The zero-order valence-corrected chi connectivity index (χ0v) is 27.1. The number of imide groups is 1. The number of halogens is 9. The summed E-state index contributed by atoms with van der Waals surface area (Å²) in [6.07, 6.45) is -15.2. The molecule has 1 saturated heterocycles. The van der Waals surface area contributed by atoms with Gasteiger partial charge in [-0.3, -0.25) is 4.79 Å². The molecule has 0 aromatic heterocycles. The molecule has 5 nitrogen and oxygen atoms in total. The average molecular weight is 723 g/mol. The standard InChI is InChI=1S/C37H31F9N2O3/c1-21(2)14-30(33(49)48-29(20-51-34(48)50)15-22-6-4-3-5-7-22)25-16-24(23-8-10-26(11-9-23)35(38,39)40)17-28(18-25)47-32-19-27(36(41,42)43)12-13-31(32)37(44,45)46/h3-13,16-19,21,29-30,47H,14-15,20H2,1-2H3/t29-,30-/m1/s1. The van der Waals surface area contributed by atoms with E-state index in [-0.39, 0.29) is 47.7 Å². The number of cyclic esters (lactones) is 1. The Morgan fingerprint density at radius 1 is 0.784 bits per heavy atom. The Hall–Kier alpha value is -5.01. The van der Waals surface area contributed by atoms with Crippen LogP contribution in [0.25, 0.3) is 11.1 Å². The third kappa shape index (κ3) is 8.84. The Bertz CT molecular complexity index is 1870. The van der Waals surface area contributed by atoms with E-state index in [0.717, 1.165) is 34.7 Å². The Kier molecular flexibility index (Phi) is 10.5. The van der Waals surface area contributed by atoms with E-state index < -0.39 is 64.9 Å². The van der Waals surface area contributed by atoms with E-state index in [1.54, 1.807) is 32.0 Å². The molecule has 270 valence electrons. The number of nitrogens with one attached hydrogen (secondary N) is 1. The quantitative estimate of drug-likeness (QED) is 0.175. The number of anilines is 2. The topological polar surface area (TPSA) is 58.6 Å². The molecule has 2 amide bonds. The highest BCUT2D eigenvalue weighted by Crippen LogP contribution is 2.42. The molecular weight excluding hydrogens is 691 g/mol. The van der Waals surface area contributed by atoms with Gasteiger partial charge < -0.3 is 10.1 Å². The minimum Gasteiger partial charge on any atom is -0.447 e. The Morgan fingerprint density at radius 3 is 2.00 bits per heavy atom. The highest BCUT2D eigenvalue weighted by atomic mass is 19.4. The summed E-state index contributed by atoms with van der Waals surface area (Å²) < 4.78 is 128. The van der Waals surface area contributed by atoms with Gasteiger partial charge in [0, 0.05) is 5.69 Å². The molecule has 1 aliphatic rings. The van der Waals surface area contributed by atoms with Gasteiger partial charge >= 0.3 is 24.6 Å². The van der Waals surface area contributed by atoms with Crippen molar-refractivity contribution in [3.8, 4) is 11.1 Å². The number of carbonyl (C=O) groups is 2. The highest BCUT2D eigenvalue weighted by Gasteiger charge is 2.42. The molecule has 1 heterocycles. The lowest BCUT2D eigenvalue weighted by atomic mass is 9.86. The second-order valence-corrected chi connectivity index (χ2v) is 12.6. The summed E-state index contributed by atoms with van der Waals surface area (Å²) in [5.41, 5.74) is -3.56. The van der Waals surface area contributed by atoms with Crippen LogP contribution in [0.4, 0.5) is 55.7 Å². The molecule has 14 heteroatoms. The second-order valence-electron chi connectivity index (χ2n) is 12.6. The number of hydrogen-bond acceptors (Lipinski definition) is 4. The van der Waals surface area contributed by atoms with E-state index in [1.165, 1.54) is 18.2 Å². The molecule has 0 bridgehead atoms. The number of nitrogens with zero attached hydrogens (tertiary/aromatic N) is 1. The summed E-state index contributed by atoms with van der Waals surface area (Å²) in [4.78, 5) is 28.3. The van der Waals surface area contributed by atoms with Crippen LogP contribution in [0.15, 0.2) is 91.0 Å². The van der Waals surface area contributed by atoms with E-state index >= 15 is 0 Å². The fourth-order valence-corrected chi connectivity index (χ4v) is 5.96. The fourth-order valence-electron chi connectivity index (χ4n) is 5.96. The lowest BCUT2D eigenvalue weighted by Crippen LogP contribution is -2.43. The molecule has 0 unspecified atom stereocenters. The van der Waals surface area contributed by atoms with Crippen molar-refractivity contribution < 1.29 is 53.8 Å². The predicted molar refractivity (Wildman–Crippen MR) is 171 cm³/mol. The van der Waals surface area contributed by atoms with E-state index in [0.29, 0.717) is 18.2 Å². The van der Waals surface area contributed by atoms with E-state index in [9.17, 15) is 49.1 Å². The first-order valence-electron chi connectivity index (χ1n) is 15.7. The van der Waals surface area contributed by atoms with Crippen molar-refractivity contribution in [2.24, 2.45) is 5.92 Å². The first-order valence-corrected chi connectivity index (χ1v) is 15.7.